The molecule has 0 aliphatic carbocycles. The van der Waals surface area contributed by atoms with Gasteiger partial charge in [0.05, 0.1) is 0 Å². The summed E-state index contributed by atoms with van der Waals surface area (Å²) in [5, 5.41) is 0. The molecule has 0 spiro atoms. The predicted molar refractivity (Wildman–Crippen MR) is 137 cm³/mol. The molecule has 0 amide bonds. The number of nitrogens with two attached hydrogens (primary N) is 2. The Morgan fingerprint density at radius 3 is 1.81 bits per heavy atom. The van der Waals surface area contributed by atoms with Gasteiger partial charge in [-0.3, -0.25) is 4.90 Å². The fourth-order valence-corrected chi connectivity index (χ4v) is 3.47. The van der Waals surface area contributed by atoms with E-state index in [1.807, 2.05) is 32.0 Å². The van der Waals surface area contributed by atoms with Gasteiger partial charge in [0, 0.05) is 52.0 Å². The molecule has 0 radical (unpaired) electrons. The van der Waals surface area contributed by atoms with Crippen molar-refractivity contribution in [3.8, 4) is 0 Å². The molecule has 174 valence electrons. The van der Waals surface area contributed by atoms with Gasteiger partial charge < -0.3 is 21.3 Å². The van der Waals surface area contributed by atoms with Crippen LogP contribution in [0.15, 0.2) is 60.7 Å². The molecular weight excluding hydrogens is 382 g/mol. The Bertz CT molecular complexity index is 627. The predicted octanol–water partition coefficient (Wildman–Crippen LogP) is 3.65. The number of piperazine rings is 1. The summed E-state index contributed by atoms with van der Waals surface area (Å²) < 4.78 is 0. The minimum absolute atomic E-state index is 0.761. The van der Waals surface area contributed by atoms with Gasteiger partial charge in [-0.1, -0.05) is 62.4 Å². The van der Waals surface area contributed by atoms with Crippen LogP contribution in [0.4, 0.5) is 5.69 Å². The minimum Gasteiger partial charge on any atom is -0.375 e. The lowest BCUT2D eigenvalue weighted by atomic mass is 10.2. The molecule has 0 unspecified atom stereocenters. The second kappa shape index (κ2) is 17.7. The summed E-state index contributed by atoms with van der Waals surface area (Å²) in [5.41, 5.74) is 13.6. The summed E-state index contributed by atoms with van der Waals surface area (Å²) in [4.78, 5) is 7.27. The van der Waals surface area contributed by atoms with E-state index >= 15 is 0 Å². The van der Waals surface area contributed by atoms with Crippen molar-refractivity contribution in [1.82, 2.24) is 9.80 Å². The second-order valence-corrected chi connectivity index (χ2v) is 7.64. The molecule has 3 rings (SSSR count). The maximum absolute atomic E-state index is 5.54. The van der Waals surface area contributed by atoms with Crippen molar-refractivity contribution in [2.75, 3.05) is 64.3 Å². The van der Waals surface area contributed by atoms with E-state index in [9.17, 15) is 0 Å². The van der Waals surface area contributed by atoms with Gasteiger partial charge in [0.1, 0.15) is 0 Å². The number of rotatable bonds is 9. The number of anilines is 1. The molecule has 1 aliphatic rings. The first-order valence-electron chi connectivity index (χ1n) is 11.9. The molecule has 0 atom stereocenters. The Balaban J connectivity index is 0.000000303. The van der Waals surface area contributed by atoms with E-state index in [0.29, 0.717) is 0 Å². The highest BCUT2D eigenvalue weighted by atomic mass is 15.3. The molecule has 4 N–H and O–H groups in total. The largest absolute Gasteiger partial charge is 0.375 e. The van der Waals surface area contributed by atoms with E-state index in [4.69, 9.17) is 11.5 Å². The summed E-state index contributed by atoms with van der Waals surface area (Å²) in [6.07, 6.45) is 2.17. The average molecular weight is 428 g/mol. The molecular formula is C26H45N5. The summed E-state index contributed by atoms with van der Waals surface area (Å²) in [6, 6.07) is 21.1. The van der Waals surface area contributed by atoms with Crippen LogP contribution < -0.4 is 16.4 Å². The van der Waals surface area contributed by atoms with E-state index in [1.54, 1.807) is 0 Å². The van der Waals surface area contributed by atoms with Crippen LogP contribution in [0.1, 0.15) is 32.3 Å². The zero-order valence-electron chi connectivity index (χ0n) is 20.0. The standard InChI is InChI=1S/C14H23N3.C10H16N2.C2H6/c15-7-4-8-16-9-11-17(12-10-16)13-14-5-2-1-3-6-14;1-12(9-5-8-11)10-6-3-2-4-7-10;1-2/h1-3,5-6H,4,7-13,15H2;2-4,6-7H,5,8-9,11H2,1H3;1-2H3. The van der Waals surface area contributed by atoms with Gasteiger partial charge in [-0.05, 0) is 50.2 Å². The first kappa shape index (κ1) is 27.1. The normalized spacial score (nSPS) is 14.1. The smallest absolute Gasteiger partial charge is 0.0363 e. The van der Waals surface area contributed by atoms with Crippen molar-refractivity contribution in [3.05, 3.63) is 66.2 Å². The molecule has 1 fully saturated rings. The van der Waals surface area contributed by atoms with Crippen LogP contribution >= 0.6 is 0 Å². The summed E-state index contributed by atoms with van der Waals surface area (Å²) in [5.74, 6) is 0. The van der Waals surface area contributed by atoms with Crippen molar-refractivity contribution < 1.29 is 0 Å². The van der Waals surface area contributed by atoms with E-state index in [0.717, 1.165) is 45.6 Å². The lowest BCUT2D eigenvalue weighted by Gasteiger charge is -2.34. The molecule has 1 aliphatic heterocycles. The van der Waals surface area contributed by atoms with Gasteiger partial charge in [0.25, 0.3) is 0 Å². The van der Waals surface area contributed by atoms with Crippen molar-refractivity contribution in [2.45, 2.75) is 33.2 Å². The molecule has 0 aromatic heterocycles. The van der Waals surface area contributed by atoms with Crippen molar-refractivity contribution in [2.24, 2.45) is 11.5 Å². The summed E-state index contributed by atoms with van der Waals surface area (Å²) in [7, 11) is 2.09. The van der Waals surface area contributed by atoms with Crippen LogP contribution in [0.3, 0.4) is 0 Å². The second-order valence-electron chi connectivity index (χ2n) is 7.64. The molecule has 2 aromatic rings. The Morgan fingerprint density at radius 1 is 0.742 bits per heavy atom. The van der Waals surface area contributed by atoms with Crippen LogP contribution in [-0.2, 0) is 6.54 Å². The van der Waals surface area contributed by atoms with Crippen LogP contribution in [0.5, 0.6) is 0 Å². The summed E-state index contributed by atoms with van der Waals surface area (Å²) >= 11 is 0. The Morgan fingerprint density at radius 2 is 1.26 bits per heavy atom. The van der Waals surface area contributed by atoms with E-state index in [1.165, 1.54) is 37.4 Å². The van der Waals surface area contributed by atoms with Gasteiger partial charge in [0.15, 0.2) is 0 Å². The first-order chi connectivity index (χ1) is 15.2. The van der Waals surface area contributed by atoms with Crippen LogP contribution in [-0.4, -0.2) is 69.2 Å². The number of hydrogen-bond donors (Lipinski definition) is 2. The van der Waals surface area contributed by atoms with Crippen LogP contribution in [0.2, 0.25) is 0 Å². The SMILES string of the molecule is CC.CN(CCCN)c1ccccc1.NCCCN1CCN(Cc2ccccc2)CC1. The molecule has 0 saturated carbocycles. The zero-order chi connectivity index (χ0) is 22.7. The Kier molecular flexibility index (Phi) is 15.5. The van der Waals surface area contributed by atoms with Gasteiger partial charge in [-0.25, -0.2) is 0 Å². The van der Waals surface area contributed by atoms with Crippen molar-refractivity contribution >= 4 is 5.69 Å². The molecule has 31 heavy (non-hydrogen) atoms. The fourth-order valence-electron chi connectivity index (χ4n) is 3.47. The maximum atomic E-state index is 5.54. The Labute approximate surface area is 191 Å². The molecule has 5 heteroatoms. The average Bonchev–Trinajstić information content (AvgIpc) is 2.85. The van der Waals surface area contributed by atoms with Crippen LogP contribution in [0.25, 0.3) is 0 Å². The highest BCUT2D eigenvalue weighted by Crippen LogP contribution is 2.10. The van der Waals surface area contributed by atoms with E-state index in [2.05, 4.69) is 64.2 Å². The van der Waals surface area contributed by atoms with Crippen molar-refractivity contribution in [1.29, 1.82) is 0 Å². The molecule has 1 saturated heterocycles. The third-order valence-corrected chi connectivity index (χ3v) is 5.29. The minimum atomic E-state index is 0.761. The van der Waals surface area contributed by atoms with Gasteiger partial charge in [0.2, 0.25) is 0 Å². The third kappa shape index (κ3) is 11.9. The number of para-hydroxylation sites is 1. The van der Waals surface area contributed by atoms with E-state index in [-0.39, 0.29) is 0 Å². The maximum Gasteiger partial charge on any atom is 0.0363 e. The van der Waals surface area contributed by atoms with Gasteiger partial charge in [-0.2, -0.15) is 0 Å². The number of hydrogen-bond acceptors (Lipinski definition) is 5. The number of benzene rings is 2. The van der Waals surface area contributed by atoms with Crippen molar-refractivity contribution in [3.63, 3.8) is 0 Å². The lowest BCUT2D eigenvalue weighted by Crippen LogP contribution is -2.46. The van der Waals surface area contributed by atoms with Gasteiger partial charge in [-0.15, -0.1) is 0 Å². The fraction of sp³-hybridized carbons (Fsp3) is 0.538. The third-order valence-electron chi connectivity index (χ3n) is 5.29. The molecule has 2 aromatic carbocycles. The summed E-state index contributed by atoms with van der Waals surface area (Å²) in [6.45, 7) is 13.6. The number of nitrogens with zero attached hydrogens (tertiary/aromatic N) is 3. The van der Waals surface area contributed by atoms with E-state index < -0.39 is 0 Å². The lowest BCUT2D eigenvalue weighted by molar-refractivity contribution is 0.127. The highest BCUT2D eigenvalue weighted by Gasteiger charge is 2.15. The Hall–Kier alpha value is -1.92. The topological polar surface area (TPSA) is 61.8 Å². The molecule has 1 heterocycles. The zero-order valence-corrected chi connectivity index (χ0v) is 20.0. The molecule has 0 bridgehead atoms. The van der Waals surface area contributed by atoms with Gasteiger partial charge >= 0.3 is 0 Å². The monoisotopic (exact) mass is 427 g/mol. The quantitative estimate of drug-likeness (QED) is 0.640. The van der Waals surface area contributed by atoms with Crippen LogP contribution in [0, 0.1) is 0 Å². The molecule has 5 nitrogen and oxygen atoms in total. The highest BCUT2D eigenvalue weighted by molar-refractivity contribution is 5.44. The first-order valence-corrected chi connectivity index (χ1v) is 11.9.